The van der Waals surface area contributed by atoms with Crippen LogP contribution in [0.4, 0.5) is 0 Å². The summed E-state index contributed by atoms with van der Waals surface area (Å²) in [5.74, 6) is 2.43. The molecule has 1 aromatic rings. The zero-order chi connectivity index (χ0) is 20.3. The lowest BCUT2D eigenvalue weighted by atomic mass is 9.67. The molecule has 0 radical (unpaired) electrons. The number of ether oxygens (including phenoxy) is 2. The van der Waals surface area contributed by atoms with Crippen LogP contribution in [0.5, 0.6) is 11.5 Å². The number of ketones is 1. The van der Waals surface area contributed by atoms with Gasteiger partial charge in [0.15, 0.2) is 11.5 Å². The fourth-order valence-electron chi connectivity index (χ4n) is 4.44. The molecule has 0 aliphatic heterocycles. The molecule has 154 valence electrons. The molecule has 1 aromatic carbocycles. The molecule has 2 fully saturated rings. The minimum absolute atomic E-state index is 0.0500. The van der Waals surface area contributed by atoms with Gasteiger partial charge in [-0.15, -0.1) is 0 Å². The Morgan fingerprint density at radius 3 is 2.43 bits per heavy atom. The van der Waals surface area contributed by atoms with Crippen molar-refractivity contribution in [2.75, 3.05) is 13.7 Å². The Kier molecular flexibility index (Phi) is 6.63. The molecular formula is C23H33NO4. The van der Waals surface area contributed by atoms with Crippen molar-refractivity contribution in [3.05, 3.63) is 23.8 Å². The second-order valence-corrected chi connectivity index (χ2v) is 8.74. The predicted molar refractivity (Wildman–Crippen MR) is 108 cm³/mol. The highest BCUT2D eigenvalue weighted by Crippen LogP contribution is 2.40. The number of carbonyl (C=O) groups excluding carboxylic acids is 2. The lowest BCUT2D eigenvalue weighted by Gasteiger charge is -2.37. The van der Waals surface area contributed by atoms with Gasteiger partial charge < -0.3 is 14.8 Å². The summed E-state index contributed by atoms with van der Waals surface area (Å²) in [6, 6.07) is 5.68. The molecular weight excluding hydrogens is 354 g/mol. The van der Waals surface area contributed by atoms with E-state index in [2.05, 4.69) is 19.2 Å². The molecule has 2 aliphatic rings. The molecule has 3 rings (SSSR count). The van der Waals surface area contributed by atoms with E-state index < -0.39 is 0 Å². The van der Waals surface area contributed by atoms with E-state index in [9.17, 15) is 9.59 Å². The van der Waals surface area contributed by atoms with Gasteiger partial charge >= 0.3 is 0 Å². The average molecular weight is 388 g/mol. The van der Waals surface area contributed by atoms with E-state index in [1.54, 1.807) is 7.11 Å². The second-order valence-electron chi connectivity index (χ2n) is 8.74. The van der Waals surface area contributed by atoms with E-state index >= 15 is 0 Å². The Morgan fingerprint density at radius 2 is 1.82 bits per heavy atom. The maximum Gasteiger partial charge on any atom is 0.223 e. The number of methoxy groups -OCH3 is 1. The molecule has 5 nitrogen and oxygen atoms in total. The molecule has 28 heavy (non-hydrogen) atoms. The quantitative estimate of drug-likeness (QED) is 0.757. The van der Waals surface area contributed by atoms with Crippen LogP contribution in [0, 0.1) is 23.7 Å². The molecule has 2 aliphatic carbocycles. The van der Waals surface area contributed by atoms with E-state index in [0.717, 1.165) is 30.6 Å². The van der Waals surface area contributed by atoms with Crippen molar-refractivity contribution in [3.63, 3.8) is 0 Å². The first kappa shape index (κ1) is 20.7. The molecule has 4 atom stereocenters. The monoisotopic (exact) mass is 387 g/mol. The highest BCUT2D eigenvalue weighted by Gasteiger charge is 2.41. The van der Waals surface area contributed by atoms with Crippen molar-refractivity contribution in [2.24, 2.45) is 23.7 Å². The summed E-state index contributed by atoms with van der Waals surface area (Å²) in [6.45, 7) is 6.82. The maximum absolute atomic E-state index is 12.8. The lowest BCUT2D eigenvalue weighted by Crippen LogP contribution is -2.43. The SMILES string of the molecule is COc1cc([C@H](C)NC(=O)C2C[C@H]3CCC[C@@H](C2)C3=O)ccc1OCC(C)C. The van der Waals surface area contributed by atoms with Gasteiger partial charge in [-0.2, -0.15) is 0 Å². The minimum atomic E-state index is -0.127. The Balaban J connectivity index is 1.63. The maximum atomic E-state index is 12.8. The summed E-state index contributed by atoms with van der Waals surface area (Å²) in [5.41, 5.74) is 0.981. The van der Waals surface area contributed by atoms with Gasteiger partial charge in [0.05, 0.1) is 19.8 Å². The number of nitrogens with one attached hydrogen (secondary N) is 1. The summed E-state index contributed by atoms with van der Waals surface area (Å²) < 4.78 is 11.3. The number of hydrogen-bond acceptors (Lipinski definition) is 4. The smallest absolute Gasteiger partial charge is 0.223 e. The first-order valence-electron chi connectivity index (χ1n) is 10.5. The van der Waals surface area contributed by atoms with Crippen molar-refractivity contribution < 1.29 is 19.1 Å². The van der Waals surface area contributed by atoms with Crippen LogP contribution >= 0.6 is 0 Å². The molecule has 1 N–H and O–H groups in total. The summed E-state index contributed by atoms with van der Waals surface area (Å²) in [4.78, 5) is 25.1. The Labute approximate surface area is 168 Å². The minimum Gasteiger partial charge on any atom is -0.493 e. The number of rotatable bonds is 7. The number of fused-ring (bicyclic) bond motifs is 2. The van der Waals surface area contributed by atoms with Crippen LogP contribution in [0.2, 0.25) is 0 Å². The first-order chi connectivity index (χ1) is 13.4. The summed E-state index contributed by atoms with van der Waals surface area (Å²) in [5, 5.41) is 3.14. The normalized spacial score (nSPS) is 25.3. The molecule has 2 bridgehead atoms. The standard InChI is InChI=1S/C23H33NO4/c1-14(2)13-28-20-9-8-16(12-21(20)27-4)15(3)24-23(26)19-10-17-6-5-7-18(11-19)22(17)25/h8-9,12,14-15,17-19H,5-7,10-11,13H2,1-4H3,(H,24,26)/t15-,17-,18+,19?/m0/s1. The van der Waals surface area contributed by atoms with Gasteiger partial charge in [0.1, 0.15) is 5.78 Å². The van der Waals surface area contributed by atoms with Gasteiger partial charge in [0.2, 0.25) is 5.91 Å². The van der Waals surface area contributed by atoms with Crippen LogP contribution in [-0.2, 0) is 9.59 Å². The molecule has 1 amide bonds. The topological polar surface area (TPSA) is 64.6 Å². The van der Waals surface area contributed by atoms with Gasteiger partial charge in [-0.25, -0.2) is 0 Å². The number of Topliss-reactive ketones (excluding diaryl/α,β-unsaturated/α-hetero) is 1. The first-order valence-corrected chi connectivity index (χ1v) is 10.5. The molecule has 0 spiro atoms. The van der Waals surface area contributed by atoms with E-state index in [4.69, 9.17) is 9.47 Å². The predicted octanol–water partition coefficient (Wildman–Crippen LogP) is 4.30. The second kappa shape index (κ2) is 8.97. The fraction of sp³-hybridized carbons (Fsp3) is 0.652. The number of amides is 1. The van der Waals surface area contributed by atoms with Crippen LogP contribution < -0.4 is 14.8 Å². The zero-order valence-electron chi connectivity index (χ0n) is 17.5. The van der Waals surface area contributed by atoms with Gasteiger partial charge in [-0.1, -0.05) is 26.3 Å². The lowest BCUT2D eigenvalue weighted by molar-refractivity contribution is -0.137. The molecule has 2 saturated carbocycles. The van der Waals surface area contributed by atoms with E-state index in [0.29, 0.717) is 36.9 Å². The van der Waals surface area contributed by atoms with Crippen LogP contribution in [0.25, 0.3) is 0 Å². The van der Waals surface area contributed by atoms with Crippen molar-refractivity contribution in [3.8, 4) is 11.5 Å². The number of benzene rings is 1. The highest BCUT2D eigenvalue weighted by molar-refractivity contribution is 5.88. The van der Waals surface area contributed by atoms with Gasteiger partial charge in [-0.05, 0) is 56.2 Å². The molecule has 0 heterocycles. The third-order valence-corrected chi connectivity index (χ3v) is 6.04. The number of carbonyl (C=O) groups is 2. The van der Waals surface area contributed by atoms with Gasteiger partial charge in [0, 0.05) is 17.8 Å². The largest absolute Gasteiger partial charge is 0.493 e. The van der Waals surface area contributed by atoms with Gasteiger partial charge in [0.25, 0.3) is 0 Å². The van der Waals surface area contributed by atoms with Crippen LogP contribution in [-0.4, -0.2) is 25.4 Å². The highest BCUT2D eigenvalue weighted by atomic mass is 16.5. The third-order valence-electron chi connectivity index (χ3n) is 6.04. The average Bonchev–Trinajstić information content (AvgIpc) is 2.65. The van der Waals surface area contributed by atoms with Crippen molar-refractivity contribution in [2.45, 2.75) is 58.9 Å². The summed E-state index contributed by atoms with van der Waals surface area (Å²) >= 11 is 0. The Hall–Kier alpha value is -2.04. The number of hydrogen-bond donors (Lipinski definition) is 1. The van der Waals surface area contributed by atoms with Crippen LogP contribution in [0.3, 0.4) is 0 Å². The zero-order valence-corrected chi connectivity index (χ0v) is 17.5. The summed E-state index contributed by atoms with van der Waals surface area (Å²) in [6.07, 6.45) is 4.43. The fourth-order valence-corrected chi connectivity index (χ4v) is 4.44. The Bertz CT molecular complexity index is 699. The van der Waals surface area contributed by atoms with E-state index in [-0.39, 0.29) is 29.7 Å². The van der Waals surface area contributed by atoms with Crippen molar-refractivity contribution in [1.82, 2.24) is 5.32 Å². The van der Waals surface area contributed by atoms with Crippen LogP contribution in [0.15, 0.2) is 18.2 Å². The van der Waals surface area contributed by atoms with Gasteiger partial charge in [-0.3, -0.25) is 9.59 Å². The molecule has 5 heteroatoms. The van der Waals surface area contributed by atoms with Crippen molar-refractivity contribution in [1.29, 1.82) is 0 Å². The molecule has 1 unspecified atom stereocenters. The van der Waals surface area contributed by atoms with Crippen molar-refractivity contribution >= 4 is 11.7 Å². The summed E-state index contributed by atoms with van der Waals surface area (Å²) in [7, 11) is 1.63. The van der Waals surface area contributed by atoms with Crippen LogP contribution in [0.1, 0.15) is 64.5 Å². The molecule has 0 aromatic heterocycles. The third kappa shape index (κ3) is 4.68. The Morgan fingerprint density at radius 1 is 1.14 bits per heavy atom. The van der Waals surface area contributed by atoms with E-state index in [1.807, 2.05) is 25.1 Å². The van der Waals surface area contributed by atoms with E-state index in [1.165, 1.54) is 0 Å². The molecule has 0 saturated heterocycles.